The van der Waals surface area contributed by atoms with Crippen LogP contribution in [0.15, 0.2) is 15.7 Å². The summed E-state index contributed by atoms with van der Waals surface area (Å²) in [6, 6.07) is 1.72. The molecule has 0 spiro atoms. The molecule has 0 aromatic carbocycles. The van der Waals surface area contributed by atoms with E-state index in [2.05, 4.69) is 10.0 Å². The van der Waals surface area contributed by atoms with E-state index in [-0.39, 0.29) is 12.1 Å². The Bertz CT molecular complexity index is 513. The zero-order valence-electron chi connectivity index (χ0n) is 11.2. The predicted octanol–water partition coefficient (Wildman–Crippen LogP) is 1.31. The van der Waals surface area contributed by atoms with Crippen molar-refractivity contribution in [3.8, 4) is 0 Å². The van der Waals surface area contributed by atoms with Gasteiger partial charge in [-0.25, -0.2) is 13.1 Å². The van der Waals surface area contributed by atoms with Crippen LogP contribution in [0.5, 0.6) is 0 Å². The van der Waals surface area contributed by atoms with Gasteiger partial charge in [0.2, 0.25) is 10.0 Å². The quantitative estimate of drug-likeness (QED) is 0.831. The molecule has 2 unspecified atom stereocenters. The molecule has 1 aliphatic carbocycles. The maximum absolute atomic E-state index is 12.2. The van der Waals surface area contributed by atoms with Crippen LogP contribution in [0.4, 0.5) is 0 Å². The molecule has 0 amide bonds. The molecule has 0 aliphatic heterocycles. The van der Waals surface area contributed by atoms with Gasteiger partial charge in [-0.3, -0.25) is 0 Å². The molecule has 7 heteroatoms. The first-order valence-corrected chi connectivity index (χ1v) is 8.68. The summed E-state index contributed by atoms with van der Waals surface area (Å²) in [6.45, 7) is 0.682. The highest BCUT2D eigenvalue weighted by atomic mass is 32.2. The Labute approximate surface area is 118 Å². The SMILES string of the molecule is CNCc1csc(S(=O)(=O)NC2CCC(OC)C2)c1. The van der Waals surface area contributed by atoms with E-state index < -0.39 is 10.0 Å². The number of rotatable bonds is 6. The van der Waals surface area contributed by atoms with Gasteiger partial charge in [-0.1, -0.05) is 0 Å². The zero-order valence-corrected chi connectivity index (χ0v) is 12.8. The first-order valence-electron chi connectivity index (χ1n) is 6.32. The van der Waals surface area contributed by atoms with Gasteiger partial charge in [0, 0.05) is 19.7 Å². The van der Waals surface area contributed by atoms with Gasteiger partial charge in [-0.05, 0) is 43.3 Å². The summed E-state index contributed by atoms with van der Waals surface area (Å²) in [6.07, 6.45) is 2.69. The fourth-order valence-corrected chi connectivity index (χ4v) is 4.84. The van der Waals surface area contributed by atoms with Crippen LogP contribution in [0.3, 0.4) is 0 Å². The van der Waals surface area contributed by atoms with E-state index in [0.29, 0.717) is 10.8 Å². The topological polar surface area (TPSA) is 67.4 Å². The van der Waals surface area contributed by atoms with Crippen LogP contribution in [0.25, 0.3) is 0 Å². The Morgan fingerprint density at radius 2 is 2.26 bits per heavy atom. The Kier molecular flexibility index (Phi) is 4.97. The molecular weight excluding hydrogens is 284 g/mol. The van der Waals surface area contributed by atoms with Crippen LogP contribution in [0.1, 0.15) is 24.8 Å². The maximum atomic E-state index is 12.2. The maximum Gasteiger partial charge on any atom is 0.250 e. The fourth-order valence-electron chi connectivity index (χ4n) is 2.33. The summed E-state index contributed by atoms with van der Waals surface area (Å²) < 4.78 is 32.9. The molecule has 1 aromatic heterocycles. The highest BCUT2D eigenvalue weighted by molar-refractivity contribution is 7.91. The second kappa shape index (κ2) is 6.32. The molecule has 0 bridgehead atoms. The zero-order chi connectivity index (χ0) is 13.9. The minimum atomic E-state index is -3.39. The molecule has 1 aliphatic rings. The largest absolute Gasteiger partial charge is 0.381 e. The van der Waals surface area contributed by atoms with Crippen LogP contribution in [-0.4, -0.2) is 34.7 Å². The minimum Gasteiger partial charge on any atom is -0.381 e. The van der Waals surface area contributed by atoms with Gasteiger partial charge >= 0.3 is 0 Å². The van der Waals surface area contributed by atoms with E-state index in [4.69, 9.17) is 4.74 Å². The van der Waals surface area contributed by atoms with E-state index in [0.717, 1.165) is 24.8 Å². The second-order valence-electron chi connectivity index (χ2n) is 4.79. The molecule has 2 rings (SSSR count). The molecule has 1 saturated carbocycles. The third-order valence-electron chi connectivity index (χ3n) is 3.32. The van der Waals surface area contributed by atoms with E-state index >= 15 is 0 Å². The van der Waals surface area contributed by atoms with Gasteiger partial charge in [0.1, 0.15) is 4.21 Å². The molecule has 1 fully saturated rings. The number of nitrogens with one attached hydrogen (secondary N) is 2. The van der Waals surface area contributed by atoms with Crippen molar-refractivity contribution in [2.75, 3.05) is 14.2 Å². The Morgan fingerprint density at radius 1 is 1.47 bits per heavy atom. The number of hydrogen-bond acceptors (Lipinski definition) is 5. The average molecular weight is 304 g/mol. The van der Waals surface area contributed by atoms with E-state index in [1.165, 1.54) is 11.3 Å². The van der Waals surface area contributed by atoms with Gasteiger partial charge < -0.3 is 10.1 Å². The molecule has 108 valence electrons. The molecule has 2 N–H and O–H groups in total. The average Bonchev–Trinajstić information content (AvgIpc) is 2.98. The third kappa shape index (κ3) is 3.76. The Morgan fingerprint density at radius 3 is 2.89 bits per heavy atom. The molecule has 0 radical (unpaired) electrons. The van der Waals surface area contributed by atoms with Crippen molar-refractivity contribution in [2.24, 2.45) is 0 Å². The lowest BCUT2D eigenvalue weighted by Gasteiger charge is -2.12. The van der Waals surface area contributed by atoms with Crippen LogP contribution in [0, 0.1) is 0 Å². The summed E-state index contributed by atoms with van der Waals surface area (Å²) >= 11 is 1.26. The van der Waals surface area contributed by atoms with Crippen molar-refractivity contribution in [2.45, 2.75) is 42.2 Å². The van der Waals surface area contributed by atoms with Crippen LogP contribution >= 0.6 is 11.3 Å². The molecule has 5 nitrogen and oxygen atoms in total. The van der Waals surface area contributed by atoms with Crippen LogP contribution < -0.4 is 10.0 Å². The molecule has 1 aromatic rings. The smallest absolute Gasteiger partial charge is 0.250 e. The summed E-state index contributed by atoms with van der Waals surface area (Å²) in [5.41, 5.74) is 0.995. The first kappa shape index (κ1) is 14.9. The summed E-state index contributed by atoms with van der Waals surface area (Å²) in [7, 11) is 0.125. The highest BCUT2D eigenvalue weighted by Gasteiger charge is 2.29. The molecule has 1 heterocycles. The van der Waals surface area contributed by atoms with Gasteiger partial charge in [0.05, 0.1) is 6.10 Å². The molecular formula is C12H20N2O3S2. The number of methoxy groups -OCH3 is 1. The number of ether oxygens (including phenoxy) is 1. The van der Waals surface area contributed by atoms with Crippen molar-refractivity contribution in [1.29, 1.82) is 0 Å². The van der Waals surface area contributed by atoms with Gasteiger partial charge in [0.25, 0.3) is 0 Å². The minimum absolute atomic E-state index is 0.00944. The fraction of sp³-hybridized carbons (Fsp3) is 0.667. The lowest BCUT2D eigenvalue weighted by molar-refractivity contribution is 0.107. The van der Waals surface area contributed by atoms with Crippen molar-refractivity contribution < 1.29 is 13.2 Å². The normalized spacial score (nSPS) is 23.9. The van der Waals surface area contributed by atoms with Gasteiger partial charge in [-0.2, -0.15) is 0 Å². The van der Waals surface area contributed by atoms with Crippen molar-refractivity contribution in [3.05, 3.63) is 17.0 Å². The van der Waals surface area contributed by atoms with Crippen molar-refractivity contribution in [3.63, 3.8) is 0 Å². The van der Waals surface area contributed by atoms with E-state index in [1.807, 2.05) is 12.4 Å². The first-order chi connectivity index (χ1) is 9.05. The number of hydrogen-bond donors (Lipinski definition) is 2. The van der Waals surface area contributed by atoms with Crippen LogP contribution in [0.2, 0.25) is 0 Å². The molecule has 2 atom stereocenters. The summed E-state index contributed by atoms with van der Waals surface area (Å²) in [5.74, 6) is 0. The van der Waals surface area contributed by atoms with Crippen molar-refractivity contribution in [1.82, 2.24) is 10.0 Å². The lowest BCUT2D eigenvalue weighted by atomic mass is 10.3. The molecule has 19 heavy (non-hydrogen) atoms. The lowest BCUT2D eigenvalue weighted by Crippen LogP contribution is -2.33. The Hall–Kier alpha value is -0.470. The van der Waals surface area contributed by atoms with Crippen LogP contribution in [-0.2, 0) is 21.3 Å². The monoisotopic (exact) mass is 304 g/mol. The van der Waals surface area contributed by atoms with Gasteiger partial charge in [-0.15, -0.1) is 11.3 Å². The number of sulfonamides is 1. The molecule has 0 saturated heterocycles. The standard InChI is InChI=1S/C12H20N2O3S2/c1-13-7-9-5-12(18-8-9)19(15,16)14-10-3-4-11(6-10)17-2/h5,8,10-11,13-14H,3-4,6-7H2,1-2H3. The van der Waals surface area contributed by atoms with E-state index in [9.17, 15) is 8.42 Å². The van der Waals surface area contributed by atoms with Crippen molar-refractivity contribution >= 4 is 21.4 Å². The van der Waals surface area contributed by atoms with Gasteiger partial charge in [0.15, 0.2) is 0 Å². The third-order valence-corrected chi connectivity index (χ3v) is 6.32. The highest BCUT2D eigenvalue weighted by Crippen LogP contribution is 2.25. The second-order valence-corrected chi connectivity index (χ2v) is 7.65. The summed E-state index contributed by atoms with van der Waals surface area (Å²) in [4.78, 5) is 0. The predicted molar refractivity (Wildman–Crippen MR) is 75.8 cm³/mol. The Balaban J connectivity index is 2.01. The summed E-state index contributed by atoms with van der Waals surface area (Å²) in [5, 5.41) is 4.88. The number of thiophene rings is 1. The van der Waals surface area contributed by atoms with E-state index in [1.54, 1.807) is 13.2 Å².